The van der Waals surface area contributed by atoms with E-state index in [-0.39, 0.29) is 29.4 Å². The largest absolute Gasteiger partial charge is 1.00 e. The highest BCUT2D eigenvalue weighted by Gasteiger charge is 2.44. The molecule has 0 unspecified atom stereocenters. The zero-order valence-electron chi connectivity index (χ0n) is 23.9. The van der Waals surface area contributed by atoms with Gasteiger partial charge >= 0.3 is 0 Å². The van der Waals surface area contributed by atoms with Crippen LogP contribution >= 0.6 is 0 Å². The molecule has 3 heteroatoms. The SMILES string of the molecule is CCCCCCCCCCCCOc1ccc(C=CC2=[N+](C)c3ccc4ccccc4c3C2(C)C)cc1.[I-]. The molecule has 4 rings (SSSR count). The van der Waals surface area contributed by atoms with Crippen molar-refractivity contribution in [2.75, 3.05) is 13.7 Å². The van der Waals surface area contributed by atoms with Crippen molar-refractivity contribution in [1.29, 1.82) is 0 Å². The molecule has 0 saturated heterocycles. The highest BCUT2D eigenvalue weighted by atomic mass is 127. The number of unbranched alkanes of at least 4 members (excludes halogenated alkanes) is 9. The normalized spacial score (nSPS) is 14.2. The van der Waals surface area contributed by atoms with E-state index in [1.165, 1.54) is 91.1 Å². The summed E-state index contributed by atoms with van der Waals surface area (Å²) in [5, 5.41) is 2.66. The zero-order valence-corrected chi connectivity index (χ0v) is 26.1. The third-order valence-corrected chi connectivity index (χ3v) is 7.98. The Kier molecular flexibility index (Phi) is 11.9. The van der Waals surface area contributed by atoms with E-state index < -0.39 is 0 Å². The maximum absolute atomic E-state index is 6.01. The summed E-state index contributed by atoms with van der Waals surface area (Å²) >= 11 is 0. The molecule has 204 valence electrons. The van der Waals surface area contributed by atoms with Gasteiger partial charge in [-0.1, -0.05) is 101 Å². The molecule has 0 amide bonds. The first-order chi connectivity index (χ1) is 18.0. The minimum Gasteiger partial charge on any atom is -1.00 e. The van der Waals surface area contributed by atoms with E-state index in [2.05, 4.69) is 105 Å². The second-order valence-electron chi connectivity index (χ2n) is 11.2. The molecule has 1 aliphatic heterocycles. The molecule has 3 aromatic carbocycles. The zero-order chi connectivity index (χ0) is 26.1. The van der Waals surface area contributed by atoms with Crippen LogP contribution in [0.5, 0.6) is 5.75 Å². The number of ether oxygens (including phenoxy) is 1. The van der Waals surface area contributed by atoms with Gasteiger partial charge in [-0.25, -0.2) is 0 Å². The predicted octanol–water partition coefficient (Wildman–Crippen LogP) is 6.86. The standard InChI is InChI=1S/C35H46NO.HI/c1-5-6-7-8-9-10-11-12-13-16-27-37-30-23-19-28(20-24-30)21-26-33-35(2,3)34-31-18-15-14-17-29(31)22-25-32(34)36(33)4;/h14-15,17-26H,5-13,16,27H2,1-4H3;1H/q+1;/p-1. The number of hydrogen-bond donors (Lipinski definition) is 0. The van der Waals surface area contributed by atoms with Gasteiger partial charge in [0.1, 0.15) is 12.8 Å². The van der Waals surface area contributed by atoms with Crippen molar-refractivity contribution in [1.82, 2.24) is 0 Å². The van der Waals surface area contributed by atoms with Crippen LogP contribution in [0.1, 0.15) is 96.1 Å². The van der Waals surface area contributed by atoms with Crippen LogP contribution in [-0.2, 0) is 5.41 Å². The maximum Gasteiger partial charge on any atom is 0.210 e. The number of benzene rings is 3. The van der Waals surface area contributed by atoms with E-state index in [0.717, 1.165) is 18.8 Å². The van der Waals surface area contributed by atoms with Gasteiger partial charge in [-0.3, -0.25) is 0 Å². The van der Waals surface area contributed by atoms with Crippen LogP contribution in [0.3, 0.4) is 0 Å². The number of hydrogen-bond acceptors (Lipinski definition) is 1. The van der Waals surface area contributed by atoms with Gasteiger partial charge in [0.2, 0.25) is 5.69 Å². The molecule has 1 heterocycles. The molecule has 1 aliphatic rings. The lowest BCUT2D eigenvalue weighted by atomic mass is 9.79. The van der Waals surface area contributed by atoms with Crippen molar-refractivity contribution in [3.63, 3.8) is 0 Å². The van der Waals surface area contributed by atoms with Crippen LogP contribution in [0.4, 0.5) is 5.69 Å². The Morgan fingerprint density at radius 3 is 2.05 bits per heavy atom. The van der Waals surface area contributed by atoms with Gasteiger partial charge in [0.05, 0.1) is 12.0 Å². The molecule has 0 saturated carbocycles. The Hall–Kier alpha value is -2.14. The summed E-state index contributed by atoms with van der Waals surface area (Å²) in [7, 11) is 2.19. The number of nitrogens with zero attached hydrogens (tertiary/aromatic N) is 1. The minimum absolute atomic E-state index is 0. The lowest BCUT2D eigenvalue weighted by Gasteiger charge is -2.17. The molecular weight excluding hydrogens is 577 g/mol. The van der Waals surface area contributed by atoms with Crippen LogP contribution in [0.15, 0.2) is 66.7 Å². The molecule has 0 atom stereocenters. The third-order valence-electron chi connectivity index (χ3n) is 7.98. The number of rotatable bonds is 14. The summed E-state index contributed by atoms with van der Waals surface area (Å²) in [5.74, 6) is 0.970. The average molecular weight is 624 g/mol. The number of fused-ring (bicyclic) bond motifs is 3. The molecule has 0 aromatic heterocycles. The maximum atomic E-state index is 6.01. The van der Waals surface area contributed by atoms with Crippen molar-refractivity contribution >= 4 is 28.2 Å². The van der Waals surface area contributed by atoms with Gasteiger partial charge in [0, 0.05) is 17.7 Å². The first-order valence-corrected chi connectivity index (χ1v) is 14.6. The lowest BCUT2D eigenvalue weighted by molar-refractivity contribution is -0.401. The molecule has 3 aromatic rings. The second kappa shape index (κ2) is 14.9. The van der Waals surface area contributed by atoms with Gasteiger partial charge < -0.3 is 28.7 Å². The Bertz CT molecular complexity index is 1220. The van der Waals surface area contributed by atoms with Gasteiger partial charge in [-0.2, -0.15) is 4.58 Å². The number of allylic oxidation sites excluding steroid dienone is 1. The molecule has 0 aliphatic carbocycles. The molecule has 0 fully saturated rings. The number of halogens is 1. The van der Waals surface area contributed by atoms with Crippen molar-refractivity contribution in [2.24, 2.45) is 0 Å². The van der Waals surface area contributed by atoms with E-state index in [4.69, 9.17) is 4.74 Å². The molecule has 0 spiro atoms. The van der Waals surface area contributed by atoms with Gasteiger partial charge in [-0.05, 0) is 60.9 Å². The van der Waals surface area contributed by atoms with Gasteiger partial charge in [0.25, 0.3) is 0 Å². The molecule has 0 radical (unpaired) electrons. The molecule has 0 bridgehead atoms. The van der Waals surface area contributed by atoms with Crippen LogP contribution in [-0.4, -0.2) is 23.9 Å². The second-order valence-corrected chi connectivity index (χ2v) is 11.2. The monoisotopic (exact) mass is 623 g/mol. The fourth-order valence-corrected chi connectivity index (χ4v) is 5.82. The van der Waals surface area contributed by atoms with Crippen molar-refractivity contribution in [3.8, 4) is 5.75 Å². The molecular formula is C35H46INO. The topological polar surface area (TPSA) is 12.2 Å². The quantitative estimate of drug-likeness (QED) is 0.109. The Balaban J connectivity index is 0.00000400. The van der Waals surface area contributed by atoms with E-state index >= 15 is 0 Å². The predicted molar refractivity (Wildman–Crippen MR) is 161 cm³/mol. The van der Waals surface area contributed by atoms with Crippen LogP contribution in [0.25, 0.3) is 16.8 Å². The van der Waals surface area contributed by atoms with Gasteiger partial charge in [-0.15, -0.1) is 0 Å². The average Bonchev–Trinajstić information content (AvgIpc) is 3.11. The van der Waals surface area contributed by atoms with E-state index in [9.17, 15) is 0 Å². The highest BCUT2D eigenvalue weighted by Crippen LogP contribution is 2.43. The van der Waals surface area contributed by atoms with Crippen LogP contribution < -0.4 is 28.7 Å². The Labute approximate surface area is 248 Å². The fourth-order valence-electron chi connectivity index (χ4n) is 5.82. The molecule has 38 heavy (non-hydrogen) atoms. The summed E-state index contributed by atoms with van der Waals surface area (Å²) in [6.07, 6.45) is 18.0. The lowest BCUT2D eigenvalue weighted by Crippen LogP contribution is -3.00. The van der Waals surface area contributed by atoms with Crippen LogP contribution in [0, 0.1) is 0 Å². The minimum atomic E-state index is -0.0560. The molecule has 0 N–H and O–H groups in total. The first-order valence-electron chi connectivity index (χ1n) is 14.6. The summed E-state index contributed by atoms with van der Waals surface area (Å²) in [6, 6.07) is 21.8. The molecule has 2 nitrogen and oxygen atoms in total. The Morgan fingerprint density at radius 2 is 1.37 bits per heavy atom. The summed E-state index contributed by atoms with van der Waals surface area (Å²) in [5.41, 5.74) is 5.19. The van der Waals surface area contributed by atoms with Crippen molar-refractivity contribution in [2.45, 2.75) is 90.4 Å². The first kappa shape index (κ1) is 30.4. The summed E-state index contributed by atoms with van der Waals surface area (Å²) in [6.45, 7) is 7.77. The van der Waals surface area contributed by atoms with Gasteiger partial charge in [0.15, 0.2) is 5.71 Å². The van der Waals surface area contributed by atoms with Crippen LogP contribution in [0.2, 0.25) is 0 Å². The summed E-state index contributed by atoms with van der Waals surface area (Å²) < 4.78 is 8.36. The van der Waals surface area contributed by atoms with Crippen molar-refractivity contribution < 1.29 is 33.3 Å². The van der Waals surface area contributed by atoms with Crippen molar-refractivity contribution in [3.05, 3.63) is 77.9 Å². The third kappa shape index (κ3) is 7.49. The van der Waals surface area contributed by atoms with E-state index in [0.29, 0.717) is 0 Å². The smallest absolute Gasteiger partial charge is 0.210 e. The van der Waals surface area contributed by atoms with E-state index in [1.54, 1.807) is 0 Å². The Morgan fingerprint density at radius 1 is 0.737 bits per heavy atom. The van der Waals surface area contributed by atoms with E-state index in [1.807, 2.05) is 0 Å². The summed E-state index contributed by atoms with van der Waals surface area (Å²) in [4.78, 5) is 0. The highest BCUT2D eigenvalue weighted by molar-refractivity contribution is 6.09. The fraction of sp³-hybridized carbons (Fsp3) is 0.457.